The first-order valence-electron chi connectivity index (χ1n) is 10.8. The molecule has 0 radical (unpaired) electrons. The predicted octanol–water partition coefficient (Wildman–Crippen LogP) is 5.62. The van der Waals surface area contributed by atoms with Crippen molar-refractivity contribution in [3.63, 3.8) is 0 Å². The highest BCUT2D eigenvalue weighted by Crippen LogP contribution is 2.32. The molecule has 4 aromatic carbocycles. The Hall–Kier alpha value is -3.70. The van der Waals surface area contributed by atoms with Crippen molar-refractivity contribution in [1.29, 1.82) is 0 Å². The van der Waals surface area contributed by atoms with Crippen LogP contribution >= 0.6 is 0 Å². The van der Waals surface area contributed by atoms with E-state index < -0.39 is 22.0 Å². The van der Waals surface area contributed by atoms with E-state index in [0.29, 0.717) is 12.0 Å². The molecule has 1 heterocycles. The number of sulfonamides is 1. The summed E-state index contributed by atoms with van der Waals surface area (Å²) in [4.78, 5) is 13.8. The lowest BCUT2D eigenvalue weighted by molar-refractivity contribution is 0.0823. The first kappa shape index (κ1) is 21.2. The second kappa shape index (κ2) is 8.34. The van der Waals surface area contributed by atoms with Gasteiger partial charge in [-0.25, -0.2) is 12.7 Å². The van der Waals surface area contributed by atoms with Crippen LogP contribution in [0.2, 0.25) is 0 Å². The summed E-state index contributed by atoms with van der Waals surface area (Å²) in [6.45, 7) is 1.90. The molecule has 0 fully saturated rings. The molecule has 0 saturated heterocycles. The maximum absolute atomic E-state index is 13.7. The maximum Gasteiger partial charge on any atom is 0.268 e. The van der Waals surface area contributed by atoms with E-state index in [1.54, 1.807) is 24.3 Å². The summed E-state index contributed by atoms with van der Waals surface area (Å²) in [5.74, 6) is -0.495. The van der Waals surface area contributed by atoms with Crippen molar-refractivity contribution in [3.8, 4) is 0 Å². The molecule has 0 aromatic heterocycles. The van der Waals surface area contributed by atoms with Gasteiger partial charge in [0.05, 0.1) is 10.9 Å². The van der Waals surface area contributed by atoms with Crippen LogP contribution < -0.4 is 0 Å². The van der Waals surface area contributed by atoms with E-state index in [1.165, 1.54) is 0 Å². The van der Waals surface area contributed by atoms with Crippen LogP contribution in [-0.4, -0.2) is 24.7 Å². The smallest absolute Gasteiger partial charge is 0.268 e. The Bertz CT molecular complexity index is 1470. The molecule has 5 heteroatoms. The first-order valence-corrected chi connectivity index (χ1v) is 12.3. The summed E-state index contributed by atoms with van der Waals surface area (Å²) in [6.07, 6.45) is 4.11. The molecule has 0 spiro atoms. The van der Waals surface area contributed by atoms with Crippen LogP contribution in [0.5, 0.6) is 0 Å². The number of aryl methyl sites for hydroxylation is 1. The fourth-order valence-corrected chi connectivity index (χ4v) is 5.80. The van der Waals surface area contributed by atoms with E-state index >= 15 is 0 Å². The number of nitrogens with zero attached hydrogens (tertiary/aromatic N) is 1. The molecular weight excluding hydrogens is 430 g/mol. The van der Waals surface area contributed by atoms with Gasteiger partial charge in [0.15, 0.2) is 0 Å². The second-order valence-corrected chi connectivity index (χ2v) is 10.1. The molecule has 0 N–H and O–H groups in total. The zero-order chi connectivity index (χ0) is 23.0. The molecule has 164 valence electrons. The lowest BCUT2D eigenvalue weighted by Crippen LogP contribution is -2.48. The van der Waals surface area contributed by atoms with Gasteiger partial charge in [0, 0.05) is 5.56 Å². The summed E-state index contributed by atoms with van der Waals surface area (Å²) >= 11 is 0. The van der Waals surface area contributed by atoms with Gasteiger partial charge in [0.2, 0.25) is 0 Å². The molecule has 33 heavy (non-hydrogen) atoms. The monoisotopic (exact) mass is 453 g/mol. The van der Waals surface area contributed by atoms with Crippen molar-refractivity contribution in [3.05, 3.63) is 119 Å². The Morgan fingerprint density at radius 1 is 0.848 bits per heavy atom. The first-order chi connectivity index (χ1) is 15.9. The molecule has 1 unspecified atom stereocenters. The molecule has 5 rings (SSSR count). The van der Waals surface area contributed by atoms with Gasteiger partial charge < -0.3 is 0 Å². The van der Waals surface area contributed by atoms with Gasteiger partial charge in [-0.05, 0) is 53.4 Å². The zero-order valence-corrected chi connectivity index (χ0v) is 19.0. The SMILES string of the molecule is Cc1ccc(S(=O)(=O)N2C(=O)c3cc4ccccc4cc3CC2/C=C/c2ccccc2)cc1. The standard InChI is InChI=1S/C28H23NO3S/c1-20-11-15-26(16-12-20)33(31,32)29-25(14-13-21-7-3-2-4-8-21)18-24-17-22-9-5-6-10-23(22)19-27(24)28(29)30/h2-17,19,25H,18H2,1H3/b14-13+. The minimum atomic E-state index is -4.04. The number of carbonyl (C=O) groups is 1. The summed E-state index contributed by atoms with van der Waals surface area (Å²) in [6, 6.07) is 27.3. The normalized spacial score (nSPS) is 16.3. The predicted molar refractivity (Wildman–Crippen MR) is 131 cm³/mol. The Balaban J connectivity index is 1.64. The van der Waals surface area contributed by atoms with Crippen molar-refractivity contribution in [2.45, 2.75) is 24.3 Å². The van der Waals surface area contributed by atoms with E-state index in [4.69, 9.17) is 0 Å². The molecule has 1 aliphatic heterocycles. The van der Waals surface area contributed by atoms with E-state index in [9.17, 15) is 13.2 Å². The molecule has 1 aliphatic rings. The second-order valence-electron chi connectivity index (χ2n) is 8.32. The molecule has 1 atom stereocenters. The number of carbonyl (C=O) groups excluding carboxylic acids is 1. The van der Waals surface area contributed by atoms with Crippen LogP contribution in [0, 0.1) is 6.92 Å². The highest BCUT2D eigenvalue weighted by atomic mass is 32.2. The molecule has 4 nitrogen and oxygen atoms in total. The average Bonchev–Trinajstić information content (AvgIpc) is 2.82. The van der Waals surface area contributed by atoms with Crippen molar-refractivity contribution in [2.24, 2.45) is 0 Å². The Morgan fingerprint density at radius 3 is 2.18 bits per heavy atom. The Kier molecular flexibility index (Phi) is 5.35. The average molecular weight is 454 g/mol. The van der Waals surface area contributed by atoms with Crippen LogP contribution in [0.4, 0.5) is 0 Å². The van der Waals surface area contributed by atoms with Crippen LogP contribution in [0.3, 0.4) is 0 Å². The van der Waals surface area contributed by atoms with Gasteiger partial charge in [-0.3, -0.25) is 4.79 Å². The maximum atomic E-state index is 13.7. The summed E-state index contributed by atoms with van der Waals surface area (Å²) < 4.78 is 28.4. The zero-order valence-electron chi connectivity index (χ0n) is 18.2. The third-order valence-corrected chi connectivity index (χ3v) is 7.84. The Labute approximate surface area is 193 Å². The van der Waals surface area contributed by atoms with Gasteiger partial charge in [-0.15, -0.1) is 0 Å². The van der Waals surface area contributed by atoms with Crippen LogP contribution in [0.25, 0.3) is 16.8 Å². The van der Waals surface area contributed by atoms with E-state index in [1.807, 2.05) is 85.8 Å². The van der Waals surface area contributed by atoms with Gasteiger partial charge in [-0.2, -0.15) is 0 Å². The third-order valence-electron chi connectivity index (χ3n) is 6.02. The fraction of sp³-hybridized carbons (Fsp3) is 0.107. The lowest BCUT2D eigenvalue weighted by Gasteiger charge is -2.34. The van der Waals surface area contributed by atoms with Crippen molar-refractivity contribution in [2.75, 3.05) is 0 Å². The number of fused-ring (bicyclic) bond motifs is 2. The number of hydrogen-bond donors (Lipinski definition) is 0. The summed E-state index contributed by atoms with van der Waals surface area (Å²) in [7, 11) is -4.04. The highest BCUT2D eigenvalue weighted by molar-refractivity contribution is 7.89. The summed E-state index contributed by atoms with van der Waals surface area (Å²) in [5.41, 5.74) is 3.20. The molecule has 1 amide bonds. The van der Waals surface area contributed by atoms with Gasteiger partial charge in [-0.1, -0.05) is 90.5 Å². The minimum absolute atomic E-state index is 0.115. The van der Waals surface area contributed by atoms with Crippen molar-refractivity contribution >= 4 is 32.8 Å². The van der Waals surface area contributed by atoms with E-state index in [-0.39, 0.29) is 4.90 Å². The van der Waals surface area contributed by atoms with Gasteiger partial charge in [0.1, 0.15) is 0 Å². The quantitative estimate of drug-likeness (QED) is 0.403. The van der Waals surface area contributed by atoms with Crippen molar-refractivity contribution in [1.82, 2.24) is 4.31 Å². The van der Waals surface area contributed by atoms with Gasteiger partial charge in [0.25, 0.3) is 15.9 Å². The third kappa shape index (κ3) is 3.96. The van der Waals surface area contributed by atoms with Gasteiger partial charge >= 0.3 is 0 Å². The number of rotatable bonds is 4. The van der Waals surface area contributed by atoms with Crippen molar-refractivity contribution < 1.29 is 13.2 Å². The minimum Gasteiger partial charge on any atom is -0.268 e. The highest BCUT2D eigenvalue weighted by Gasteiger charge is 2.40. The summed E-state index contributed by atoms with van der Waals surface area (Å²) in [5, 5.41) is 1.94. The van der Waals surface area contributed by atoms with Crippen LogP contribution in [-0.2, 0) is 16.4 Å². The fourth-order valence-electron chi connectivity index (χ4n) is 4.28. The topological polar surface area (TPSA) is 54.5 Å². The van der Waals surface area contributed by atoms with Crippen LogP contribution in [0.1, 0.15) is 27.0 Å². The van der Waals surface area contributed by atoms with Crippen LogP contribution in [0.15, 0.2) is 102 Å². The molecule has 0 aliphatic carbocycles. The molecule has 0 saturated carbocycles. The molecule has 0 bridgehead atoms. The Morgan fingerprint density at radius 2 is 1.48 bits per heavy atom. The lowest BCUT2D eigenvalue weighted by atomic mass is 9.91. The van der Waals surface area contributed by atoms with E-state index in [2.05, 4.69) is 0 Å². The largest absolute Gasteiger partial charge is 0.268 e. The van der Waals surface area contributed by atoms with E-state index in [0.717, 1.165) is 31.8 Å². The number of hydrogen-bond acceptors (Lipinski definition) is 3. The molecule has 4 aromatic rings. The number of amides is 1. The molecular formula is C28H23NO3S. The number of benzene rings is 4.